The number of hydrogen-bond donors (Lipinski definition) is 2. The zero-order valence-electron chi connectivity index (χ0n) is 8.60. The summed E-state index contributed by atoms with van der Waals surface area (Å²) in [5.41, 5.74) is 0.871. The van der Waals surface area contributed by atoms with Crippen LogP contribution in [-0.2, 0) is 6.42 Å². The van der Waals surface area contributed by atoms with Crippen LogP contribution in [-0.4, -0.2) is 27.4 Å². The van der Waals surface area contributed by atoms with E-state index in [-0.39, 0.29) is 0 Å². The largest absolute Gasteiger partial charge is 0.390 e. The van der Waals surface area contributed by atoms with Gasteiger partial charge in [-0.3, -0.25) is 0 Å². The lowest BCUT2D eigenvalue weighted by molar-refractivity contribution is 0.0144. The van der Waals surface area contributed by atoms with Crippen molar-refractivity contribution in [2.75, 3.05) is 0 Å². The first-order chi connectivity index (χ1) is 6.63. The zero-order chi connectivity index (χ0) is 10.6. The maximum absolute atomic E-state index is 9.63. The molecular formula is C10H17NO2S. The molecule has 0 aromatic carbocycles. The van der Waals surface area contributed by atoms with Gasteiger partial charge in [0.05, 0.1) is 22.9 Å². The Hall–Kier alpha value is -0.450. The molecule has 0 aliphatic rings. The maximum atomic E-state index is 9.63. The topological polar surface area (TPSA) is 53.4 Å². The van der Waals surface area contributed by atoms with Crippen LogP contribution >= 0.6 is 11.3 Å². The minimum absolute atomic E-state index is 0.450. The van der Waals surface area contributed by atoms with E-state index in [0.717, 1.165) is 17.1 Å². The SMILES string of the molecule is CCCC(O)C(O)Cc1csc(C)n1. The summed E-state index contributed by atoms with van der Waals surface area (Å²) >= 11 is 1.57. The molecule has 0 aliphatic carbocycles. The highest BCUT2D eigenvalue weighted by atomic mass is 32.1. The molecule has 80 valence electrons. The molecule has 2 N–H and O–H groups in total. The predicted molar refractivity (Wildman–Crippen MR) is 57.5 cm³/mol. The Labute approximate surface area is 88.4 Å². The highest BCUT2D eigenvalue weighted by Gasteiger charge is 2.16. The third-order valence-corrected chi connectivity index (χ3v) is 2.94. The highest BCUT2D eigenvalue weighted by molar-refractivity contribution is 7.09. The van der Waals surface area contributed by atoms with Crippen molar-refractivity contribution in [2.45, 2.75) is 45.3 Å². The third-order valence-electron chi connectivity index (χ3n) is 2.11. The smallest absolute Gasteiger partial charge is 0.0897 e. The number of aromatic nitrogens is 1. The molecule has 14 heavy (non-hydrogen) atoms. The normalized spacial score (nSPS) is 15.4. The van der Waals surface area contributed by atoms with Crippen molar-refractivity contribution >= 4 is 11.3 Å². The van der Waals surface area contributed by atoms with Crippen LogP contribution in [0.15, 0.2) is 5.38 Å². The number of aliphatic hydroxyl groups is 2. The van der Waals surface area contributed by atoms with Crippen LogP contribution in [0, 0.1) is 6.92 Å². The molecule has 3 nitrogen and oxygen atoms in total. The van der Waals surface area contributed by atoms with Gasteiger partial charge < -0.3 is 10.2 Å². The van der Waals surface area contributed by atoms with E-state index in [4.69, 9.17) is 0 Å². The van der Waals surface area contributed by atoms with Crippen molar-refractivity contribution in [3.05, 3.63) is 16.1 Å². The van der Waals surface area contributed by atoms with Gasteiger partial charge in [0.1, 0.15) is 0 Å². The fourth-order valence-corrected chi connectivity index (χ4v) is 1.97. The molecule has 0 fully saturated rings. The summed E-state index contributed by atoms with van der Waals surface area (Å²) in [7, 11) is 0. The molecule has 0 saturated heterocycles. The molecule has 4 heteroatoms. The highest BCUT2D eigenvalue weighted by Crippen LogP contribution is 2.12. The van der Waals surface area contributed by atoms with Crippen molar-refractivity contribution in [1.82, 2.24) is 4.98 Å². The van der Waals surface area contributed by atoms with Gasteiger partial charge in [0.15, 0.2) is 0 Å². The molecule has 2 unspecified atom stereocenters. The van der Waals surface area contributed by atoms with Crippen LogP contribution in [0.5, 0.6) is 0 Å². The molecule has 0 spiro atoms. The minimum atomic E-state index is -0.684. The average Bonchev–Trinajstić information content (AvgIpc) is 2.51. The quantitative estimate of drug-likeness (QED) is 0.783. The molecule has 1 rings (SSSR count). The van der Waals surface area contributed by atoms with Gasteiger partial charge in [0.25, 0.3) is 0 Å². The Morgan fingerprint density at radius 3 is 2.64 bits per heavy atom. The van der Waals surface area contributed by atoms with Crippen LogP contribution in [0.4, 0.5) is 0 Å². The first-order valence-electron chi connectivity index (χ1n) is 4.90. The summed E-state index contributed by atoms with van der Waals surface area (Å²) in [4.78, 5) is 4.24. The van der Waals surface area contributed by atoms with Gasteiger partial charge >= 0.3 is 0 Å². The zero-order valence-corrected chi connectivity index (χ0v) is 9.42. The number of aryl methyl sites for hydroxylation is 1. The fourth-order valence-electron chi connectivity index (χ4n) is 1.34. The standard InChI is InChI=1S/C10H17NO2S/c1-3-4-9(12)10(13)5-8-6-14-7(2)11-8/h6,9-10,12-13H,3-5H2,1-2H3. The first kappa shape index (κ1) is 11.6. The second-order valence-corrected chi connectivity index (χ2v) is 4.55. The summed E-state index contributed by atoms with van der Waals surface area (Å²) in [6, 6.07) is 0. The minimum Gasteiger partial charge on any atom is -0.390 e. The van der Waals surface area contributed by atoms with Crippen molar-refractivity contribution in [3.8, 4) is 0 Å². The monoisotopic (exact) mass is 215 g/mol. The second-order valence-electron chi connectivity index (χ2n) is 3.49. The molecular weight excluding hydrogens is 198 g/mol. The van der Waals surface area contributed by atoms with Crippen molar-refractivity contribution in [3.63, 3.8) is 0 Å². The number of aliphatic hydroxyl groups excluding tert-OH is 2. The molecule has 0 amide bonds. The van der Waals surface area contributed by atoms with Gasteiger partial charge in [0, 0.05) is 11.8 Å². The van der Waals surface area contributed by atoms with Gasteiger partial charge in [-0.05, 0) is 13.3 Å². The summed E-state index contributed by atoms with van der Waals surface area (Å²) in [5.74, 6) is 0. The lowest BCUT2D eigenvalue weighted by Gasteiger charge is -2.15. The van der Waals surface area contributed by atoms with Gasteiger partial charge in [-0.2, -0.15) is 0 Å². The van der Waals surface area contributed by atoms with Crippen molar-refractivity contribution in [1.29, 1.82) is 0 Å². The molecule has 1 aromatic rings. The van der Waals surface area contributed by atoms with E-state index in [1.807, 2.05) is 19.2 Å². The molecule has 0 aliphatic heterocycles. The molecule has 0 bridgehead atoms. The lowest BCUT2D eigenvalue weighted by atomic mass is 10.1. The molecule has 0 saturated carbocycles. The second kappa shape index (κ2) is 5.44. The van der Waals surface area contributed by atoms with E-state index >= 15 is 0 Å². The van der Waals surface area contributed by atoms with Crippen LogP contribution in [0.3, 0.4) is 0 Å². The summed E-state index contributed by atoms with van der Waals surface area (Å²) in [6.07, 6.45) is 0.669. The Balaban J connectivity index is 2.43. The van der Waals surface area contributed by atoms with Crippen molar-refractivity contribution < 1.29 is 10.2 Å². The van der Waals surface area contributed by atoms with E-state index in [2.05, 4.69) is 4.98 Å². The number of hydrogen-bond acceptors (Lipinski definition) is 4. The average molecular weight is 215 g/mol. The Kier molecular flexibility index (Phi) is 4.51. The van der Waals surface area contributed by atoms with Gasteiger partial charge in [-0.15, -0.1) is 11.3 Å². The van der Waals surface area contributed by atoms with E-state index in [0.29, 0.717) is 12.8 Å². The molecule has 1 aromatic heterocycles. The third kappa shape index (κ3) is 3.36. The fraction of sp³-hybridized carbons (Fsp3) is 0.700. The summed E-state index contributed by atoms with van der Waals surface area (Å²) < 4.78 is 0. The van der Waals surface area contributed by atoms with E-state index in [1.165, 1.54) is 0 Å². The van der Waals surface area contributed by atoms with Crippen molar-refractivity contribution in [2.24, 2.45) is 0 Å². The molecule has 1 heterocycles. The lowest BCUT2D eigenvalue weighted by Crippen LogP contribution is -2.27. The van der Waals surface area contributed by atoms with Crippen LogP contribution in [0.2, 0.25) is 0 Å². The number of thiazole rings is 1. The summed E-state index contributed by atoms with van der Waals surface area (Å²) in [6.45, 7) is 3.92. The number of nitrogens with zero attached hydrogens (tertiary/aromatic N) is 1. The van der Waals surface area contributed by atoms with Crippen LogP contribution < -0.4 is 0 Å². The first-order valence-corrected chi connectivity index (χ1v) is 5.78. The van der Waals surface area contributed by atoms with Crippen LogP contribution in [0.25, 0.3) is 0 Å². The van der Waals surface area contributed by atoms with E-state index in [9.17, 15) is 10.2 Å². The molecule has 2 atom stereocenters. The Morgan fingerprint density at radius 2 is 2.14 bits per heavy atom. The molecule has 0 radical (unpaired) electrons. The predicted octanol–water partition coefficient (Wildman–Crippen LogP) is 1.52. The Bertz CT molecular complexity index is 275. The number of rotatable bonds is 5. The summed E-state index contributed by atoms with van der Waals surface area (Å²) in [5, 5.41) is 22.1. The van der Waals surface area contributed by atoms with E-state index < -0.39 is 12.2 Å². The van der Waals surface area contributed by atoms with E-state index in [1.54, 1.807) is 11.3 Å². The maximum Gasteiger partial charge on any atom is 0.0897 e. The van der Waals surface area contributed by atoms with Gasteiger partial charge in [0.2, 0.25) is 0 Å². The van der Waals surface area contributed by atoms with Crippen LogP contribution in [0.1, 0.15) is 30.5 Å². The Morgan fingerprint density at radius 1 is 1.43 bits per heavy atom. The van der Waals surface area contributed by atoms with Gasteiger partial charge in [-0.1, -0.05) is 13.3 Å². The van der Waals surface area contributed by atoms with Gasteiger partial charge in [-0.25, -0.2) is 4.98 Å².